The van der Waals surface area contributed by atoms with Crippen LogP contribution in [0.4, 0.5) is 14.6 Å². The third kappa shape index (κ3) is 4.57. The number of piperidine rings is 1. The van der Waals surface area contributed by atoms with Crippen molar-refractivity contribution in [3.63, 3.8) is 0 Å². The Kier molecular flexibility index (Phi) is 5.73. The molecular formula is C20H27F2N7OS. The molecule has 0 amide bonds. The van der Waals surface area contributed by atoms with Gasteiger partial charge in [0.2, 0.25) is 0 Å². The van der Waals surface area contributed by atoms with Gasteiger partial charge in [-0.05, 0) is 31.2 Å². The van der Waals surface area contributed by atoms with E-state index in [0.717, 1.165) is 18.8 Å². The molecule has 3 aromatic heterocycles. The highest BCUT2D eigenvalue weighted by Gasteiger charge is 2.34. The van der Waals surface area contributed by atoms with E-state index in [1.54, 1.807) is 18.6 Å². The van der Waals surface area contributed by atoms with Crippen molar-refractivity contribution in [3.05, 3.63) is 36.5 Å². The summed E-state index contributed by atoms with van der Waals surface area (Å²) in [5.41, 5.74) is 0.612. The number of imidazole rings is 1. The minimum atomic E-state index is -2.68. The average molecular weight is 452 g/mol. The number of nitrogens with zero attached hydrogens (tertiary/aromatic N) is 6. The number of thiol groups is 1. The molecule has 0 saturated carbocycles. The lowest BCUT2D eigenvalue weighted by Crippen LogP contribution is -2.50. The first-order valence-corrected chi connectivity index (χ1v) is 12.6. The van der Waals surface area contributed by atoms with Gasteiger partial charge in [0.25, 0.3) is 6.43 Å². The highest BCUT2D eigenvalue weighted by atomic mass is 32.3. The molecule has 0 aliphatic carbocycles. The molecule has 1 aliphatic heterocycles. The SMILES string of the molecule is CC1CC(C[SH](C)(N)=O)C(C)N(c2ccnc(-c3cnc4cnc(C(F)F)cn34)n2)C1. The van der Waals surface area contributed by atoms with Gasteiger partial charge in [0, 0.05) is 37.0 Å². The summed E-state index contributed by atoms with van der Waals surface area (Å²) < 4.78 is 40.0. The summed E-state index contributed by atoms with van der Waals surface area (Å²) in [5, 5.41) is 5.88. The largest absolute Gasteiger partial charge is 0.353 e. The number of aromatic nitrogens is 5. The summed E-state index contributed by atoms with van der Waals surface area (Å²) in [6.45, 7) is 5.07. The van der Waals surface area contributed by atoms with Crippen LogP contribution in [0.25, 0.3) is 17.2 Å². The second kappa shape index (κ2) is 8.19. The molecule has 1 aliphatic rings. The summed E-state index contributed by atoms with van der Waals surface area (Å²) in [6, 6.07) is 1.94. The van der Waals surface area contributed by atoms with Crippen LogP contribution in [0.3, 0.4) is 0 Å². The van der Waals surface area contributed by atoms with Crippen LogP contribution in [0.15, 0.2) is 30.9 Å². The van der Waals surface area contributed by atoms with Gasteiger partial charge in [-0.25, -0.2) is 28.7 Å². The van der Waals surface area contributed by atoms with Gasteiger partial charge in [-0.1, -0.05) is 17.0 Å². The summed E-state index contributed by atoms with van der Waals surface area (Å²) in [7, 11) is -2.64. The highest BCUT2D eigenvalue weighted by molar-refractivity contribution is 8.00. The molecule has 11 heteroatoms. The maximum atomic E-state index is 13.1. The van der Waals surface area contributed by atoms with E-state index >= 15 is 0 Å². The van der Waals surface area contributed by atoms with Gasteiger partial charge in [0.15, 0.2) is 11.5 Å². The number of alkyl halides is 2. The molecule has 31 heavy (non-hydrogen) atoms. The number of hydrogen-bond acceptors (Lipinski definition) is 6. The minimum Gasteiger partial charge on any atom is -0.353 e. The van der Waals surface area contributed by atoms with E-state index in [4.69, 9.17) is 10.1 Å². The zero-order valence-electron chi connectivity index (χ0n) is 17.7. The molecule has 2 N–H and O–H groups in total. The van der Waals surface area contributed by atoms with E-state index < -0.39 is 16.5 Å². The van der Waals surface area contributed by atoms with E-state index in [-0.39, 0.29) is 17.7 Å². The van der Waals surface area contributed by atoms with Gasteiger partial charge >= 0.3 is 0 Å². The smallest absolute Gasteiger partial charge is 0.281 e. The molecule has 0 bridgehead atoms. The fourth-order valence-corrected chi connectivity index (χ4v) is 5.74. The third-order valence-electron chi connectivity index (χ3n) is 5.79. The Morgan fingerprint density at radius 1 is 1.26 bits per heavy atom. The average Bonchev–Trinajstić information content (AvgIpc) is 3.12. The number of anilines is 1. The van der Waals surface area contributed by atoms with Crippen molar-refractivity contribution < 1.29 is 13.0 Å². The van der Waals surface area contributed by atoms with E-state index in [1.807, 2.05) is 6.07 Å². The Labute approximate surface area is 180 Å². The summed E-state index contributed by atoms with van der Waals surface area (Å²) >= 11 is 0. The van der Waals surface area contributed by atoms with E-state index in [2.05, 4.69) is 33.7 Å². The van der Waals surface area contributed by atoms with Gasteiger partial charge in [0.1, 0.15) is 17.2 Å². The van der Waals surface area contributed by atoms with Crippen molar-refractivity contribution in [2.45, 2.75) is 32.7 Å². The van der Waals surface area contributed by atoms with Crippen molar-refractivity contribution in [1.29, 1.82) is 0 Å². The molecule has 4 rings (SSSR count). The van der Waals surface area contributed by atoms with Crippen LogP contribution in [-0.2, 0) is 10.1 Å². The maximum absolute atomic E-state index is 13.1. The summed E-state index contributed by atoms with van der Waals surface area (Å²) in [4.78, 5) is 19.2. The number of fused-ring (bicyclic) bond motifs is 1. The molecule has 8 nitrogen and oxygen atoms in total. The third-order valence-corrected chi connectivity index (χ3v) is 6.98. The van der Waals surface area contributed by atoms with Crippen molar-refractivity contribution in [3.8, 4) is 11.5 Å². The van der Waals surface area contributed by atoms with Gasteiger partial charge < -0.3 is 4.90 Å². The van der Waals surface area contributed by atoms with E-state index in [0.29, 0.717) is 28.8 Å². The fraction of sp³-hybridized carbons (Fsp3) is 0.500. The summed E-state index contributed by atoms with van der Waals surface area (Å²) in [6.07, 6.45) is 5.68. The molecular weight excluding hydrogens is 424 g/mol. The second-order valence-corrected chi connectivity index (χ2v) is 11.3. The Hall–Kier alpha value is -2.53. The molecule has 0 radical (unpaired) electrons. The number of halogens is 2. The molecule has 168 valence electrons. The zero-order valence-corrected chi connectivity index (χ0v) is 18.6. The lowest BCUT2D eigenvalue weighted by atomic mass is 9.86. The molecule has 0 aromatic carbocycles. The Morgan fingerprint density at radius 3 is 2.74 bits per heavy atom. The van der Waals surface area contributed by atoms with Crippen molar-refractivity contribution in [1.82, 2.24) is 24.3 Å². The molecule has 4 heterocycles. The highest BCUT2D eigenvalue weighted by Crippen LogP contribution is 2.32. The fourth-order valence-electron chi connectivity index (χ4n) is 4.35. The number of nitrogens with two attached hydrogens (primary N) is 1. The Bertz CT molecular complexity index is 1130. The lowest BCUT2D eigenvalue weighted by molar-refractivity contribution is 0.145. The van der Waals surface area contributed by atoms with Crippen LogP contribution < -0.4 is 10.0 Å². The molecule has 1 saturated heterocycles. The maximum Gasteiger partial charge on any atom is 0.281 e. The van der Waals surface area contributed by atoms with Crippen molar-refractivity contribution in [2.75, 3.05) is 23.5 Å². The van der Waals surface area contributed by atoms with E-state index in [9.17, 15) is 13.0 Å². The van der Waals surface area contributed by atoms with Crippen molar-refractivity contribution in [2.24, 2.45) is 17.0 Å². The Balaban J connectivity index is 1.69. The zero-order chi connectivity index (χ0) is 22.3. The normalized spacial score (nSPS) is 22.9. The van der Waals surface area contributed by atoms with Crippen LogP contribution in [0.2, 0.25) is 0 Å². The first kappa shape index (κ1) is 21.7. The lowest BCUT2D eigenvalue weighted by Gasteiger charge is -2.44. The van der Waals surface area contributed by atoms with Crippen LogP contribution in [0.5, 0.6) is 0 Å². The molecule has 3 atom stereocenters. The van der Waals surface area contributed by atoms with Crippen LogP contribution in [0, 0.1) is 11.8 Å². The predicted octanol–water partition coefficient (Wildman–Crippen LogP) is 2.50. The first-order chi connectivity index (χ1) is 14.6. The molecule has 1 fully saturated rings. The predicted molar refractivity (Wildman–Crippen MR) is 118 cm³/mol. The quantitative estimate of drug-likeness (QED) is 0.578. The van der Waals surface area contributed by atoms with Gasteiger partial charge in [-0.3, -0.25) is 13.7 Å². The van der Waals surface area contributed by atoms with Crippen molar-refractivity contribution >= 4 is 21.6 Å². The van der Waals surface area contributed by atoms with E-state index in [1.165, 1.54) is 16.8 Å². The Morgan fingerprint density at radius 2 is 2.03 bits per heavy atom. The summed E-state index contributed by atoms with van der Waals surface area (Å²) in [5.74, 6) is 2.19. The number of hydrogen-bond donors (Lipinski definition) is 2. The first-order valence-electron chi connectivity index (χ1n) is 10.2. The minimum absolute atomic E-state index is 0.104. The molecule has 0 spiro atoms. The molecule has 3 aromatic rings. The molecule has 3 unspecified atom stereocenters. The topological polar surface area (TPSA) is 102 Å². The number of rotatable bonds is 5. The van der Waals surface area contributed by atoms with Crippen LogP contribution >= 0.6 is 0 Å². The standard InChI is InChI=1S/C20H27F2N7OS/c1-12-6-14(11-31(3,23)30)13(2)28(9-12)17-4-5-24-20(27-17)16-7-26-18-8-25-15(19(21)22)10-29(16)18/h4-5,7-8,10,12-14,19,31H,6,9,11H2,1-3H3,(H2,23,30). The van der Waals surface area contributed by atoms with Gasteiger partial charge in [0.05, 0.1) is 12.4 Å². The second-order valence-electron chi connectivity index (χ2n) is 8.57. The van der Waals surface area contributed by atoms with Gasteiger partial charge in [-0.15, -0.1) is 0 Å². The monoisotopic (exact) mass is 451 g/mol. The van der Waals surface area contributed by atoms with Crippen LogP contribution in [0.1, 0.15) is 32.4 Å². The van der Waals surface area contributed by atoms with Gasteiger partial charge in [-0.2, -0.15) is 0 Å². The van der Waals surface area contributed by atoms with Crippen LogP contribution in [-0.4, -0.2) is 53.1 Å².